The van der Waals surface area contributed by atoms with Gasteiger partial charge in [0, 0.05) is 23.5 Å². The summed E-state index contributed by atoms with van der Waals surface area (Å²) in [4.78, 5) is 18.6. The predicted octanol–water partition coefficient (Wildman–Crippen LogP) is 2.53. The quantitative estimate of drug-likeness (QED) is 0.797. The lowest BCUT2D eigenvalue weighted by Crippen LogP contribution is -2.41. The molecule has 0 bridgehead atoms. The Kier molecular flexibility index (Phi) is 5.19. The number of hydrogen-bond acceptors (Lipinski definition) is 5. The van der Waals surface area contributed by atoms with Gasteiger partial charge in [0.25, 0.3) is 0 Å². The van der Waals surface area contributed by atoms with Gasteiger partial charge in [0.1, 0.15) is 10.8 Å². The van der Waals surface area contributed by atoms with Gasteiger partial charge in [-0.15, -0.1) is 11.3 Å². The molecule has 2 aromatic rings. The summed E-state index contributed by atoms with van der Waals surface area (Å²) < 4.78 is 36.6. The Balaban J connectivity index is 1.70. The van der Waals surface area contributed by atoms with Gasteiger partial charge >= 0.3 is 0 Å². The van der Waals surface area contributed by atoms with E-state index in [9.17, 15) is 17.6 Å². The minimum Gasteiger partial charge on any atom is -0.339 e. The van der Waals surface area contributed by atoms with E-state index in [0.717, 1.165) is 0 Å². The molecule has 25 heavy (non-hydrogen) atoms. The predicted molar refractivity (Wildman–Crippen MR) is 95.7 cm³/mol. The van der Waals surface area contributed by atoms with Crippen LogP contribution in [0.2, 0.25) is 0 Å². The smallest absolute Gasteiger partial charge is 0.228 e. The van der Waals surface area contributed by atoms with Crippen molar-refractivity contribution in [1.82, 2.24) is 9.88 Å². The second-order valence-electron chi connectivity index (χ2n) is 6.07. The molecule has 1 amide bonds. The van der Waals surface area contributed by atoms with Crippen LogP contribution in [0.5, 0.6) is 0 Å². The van der Waals surface area contributed by atoms with Crippen LogP contribution < -0.4 is 0 Å². The first-order valence-corrected chi connectivity index (χ1v) is 10.8. The zero-order valence-electron chi connectivity index (χ0n) is 13.8. The maximum absolute atomic E-state index is 13.3. The molecule has 1 fully saturated rings. The van der Waals surface area contributed by atoms with Crippen LogP contribution in [-0.4, -0.2) is 48.3 Å². The fourth-order valence-electron chi connectivity index (χ4n) is 3.06. The van der Waals surface area contributed by atoms with Crippen LogP contribution >= 0.6 is 11.3 Å². The minimum absolute atomic E-state index is 0.0399. The van der Waals surface area contributed by atoms with E-state index in [1.807, 2.05) is 6.92 Å². The Bertz CT molecular complexity index is 880. The van der Waals surface area contributed by atoms with Gasteiger partial charge in [-0.05, 0) is 25.5 Å². The number of sulfone groups is 1. The summed E-state index contributed by atoms with van der Waals surface area (Å²) in [7, 11) is -3.04. The highest BCUT2D eigenvalue weighted by molar-refractivity contribution is 7.91. The molecule has 0 radical (unpaired) electrons. The van der Waals surface area contributed by atoms with Crippen molar-refractivity contribution < 1.29 is 17.6 Å². The number of rotatable bonds is 5. The summed E-state index contributed by atoms with van der Waals surface area (Å²) in [5, 5.41) is 2.45. The van der Waals surface area contributed by atoms with Gasteiger partial charge in [-0.1, -0.05) is 12.1 Å². The number of amides is 1. The van der Waals surface area contributed by atoms with E-state index < -0.39 is 9.84 Å². The third kappa shape index (κ3) is 4.24. The summed E-state index contributed by atoms with van der Waals surface area (Å²) in [6.07, 6.45) is 0.615. The van der Waals surface area contributed by atoms with Crippen molar-refractivity contribution in [3.8, 4) is 10.6 Å². The summed E-state index contributed by atoms with van der Waals surface area (Å²) in [5.74, 6) is -0.273. The molecule has 1 aliphatic rings. The van der Waals surface area contributed by atoms with Gasteiger partial charge in [-0.3, -0.25) is 4.79 Å². The third-order valence-corrected chi connectivity index (χ3v) is 6.96. The third-order valence-electron chi connectivity index (χ3n) is 4.27. The summed E-state index contributed by atoms with van der Waals surface area (Å²) in [5.41, 5.74) is 1.30. The molecule has 0 aliphatic carbocycles. The monoisotopic (exact) mass is 382 g/mol. The van der Waals surface area contributed by atoms with Crippen LogP contribution in [-0.2, 0) is 21.1 Å². The Hall–Kier alpha value is -1.80. The van der Waals surface area contributed by atoms with Gasteiger partial charge in [-0.2, -0.15) is 0 Å². The van der Waals surface area contributed by atoms with Gasteiger partial charge < -0.3 is 4.90 Å². The van der Waals surface area contributed by atoms with Crippen molar-refractivity contribution in [2.24, 2.45) is 0 Å². The second kappa shape index (κ2) is 7.21. The summed E-state index contributed by atoms with van der Waals surface area (Å²) >= 11 is 1.36. The highest BCUT2D eigenvalue weighted by Gasteiger charge is 2.33. The standard InChI is InChI=1S/C17H19FN2O3S2/c1-2-20(15-6-7-25(22,23)11-15)16(21)9-14-10-24-17(19-14)12-4-3-5-13(18)8-12/h3-5,8,10,15H,2,6-7,9,11H2,1H3. The van der Waals surface area contributed by atoms with Crippen LogP contribution in [0.25, 0.3) is 10.6 Å². The van der Waals surface area contributed by atoms with Crippen molar-refractivity contribution in [3.63, 3.8) is 0 Å². The second-order valence-corrected chi connectivity index (χ2v) is 9.15. The molecule has 8 heteroatoms. The van der Waals surface area contributed by atoms with Crippen LogP contribution in [0.1, 0.15) is 19.0 Å². The highest BCUT2D eigenvalue weighted by Crippen LogP contribution is 2.25. The first kappa shape index (κ1) is 18.0. The number of carbonyl (C=O) groups is 1. The van der Waals surface area contributed by atoms with Gasteiger partial charge in [0.15, 0.2) is 9.84 Å². The van der Waals surface area contributed by atoms with E-state index in [4.69, 9.17) is 0 Å². The first-order valence-electron chi connectivity index (χ1n) is 8.08. The molecule has 3 rings (SSSR count). The number of likely N-dealkylation sites (N-methyl/N-ethyl adjacent to an activating group) is 1. The molecule has 0 spiro atoms. The first-order chi connectivity index (χ1) is 11.9. The molecule has 1 aliphatic heterocycles. The fraction of sp³-hybridized carbons (Fsp3) is 0.412. The number of thiazole rings is 1. The van der Waals surface area contributed by atoms with E-state index in [0.29, 0.717) is 29.2 Å². The molecule has 2 heterocycles. The number of hydrogen-bond donors (Lipinski definition) is 0. The Morgan fingerprint density at radius 2 is 2.24 bits per heavy atom. The normalized spacial score (nSPS) is 19.0. The zero-order valence-corrected chi connectivity index (χ0v) is 15.4. The molecular weight excluding hydrogens is 363 g/mol. The number of halogens is 1. The van der Waals surface area contributed by atoms with Crippen LogP contribution in [0.15, 0.2) is 29.6 Å². The number of benzene rings is 1. The van der Waals surface area contributed by atoms with Gasteiger partial charge in [0.05, 0.1) is 23.6 Å². The van der Waals surface area contributed by atoms with Crippen molar-refractivity contribution in [3.05, 3.63) is 41.2 Å². The van der Waals surface area contributed by atoms with Gasteiger partial charge in [-0.25, -0.2) is 17.8 Å². The molecule has 5 nitrogen and oxygen atoms in total. The lowest BCUT2D eigenvalue weighted by molar-refractivity contribution is -0.132. The maximum atomic E-state index is 13.3. The fourth-order valence-corrected chi connectivity index (χ4v) is 5.61. The van der Waals surface area contributed by atoms with Gasteiger partial charge in [0.2, 0.25) is 5.91 Å². The maximum Gasteiger partial charge on any atom is 0.228 e. The van der Waals surface area contributed by atoms with Crippen molar-refractivity contribution in [1.29, 1.82) is 0 Å². The molecule has 134 valence electrons. The summed E-state index contributed by atoms with van der Waals surface area (Å²) in [6, 6.07) is 5.93. The number of aromatic nitrogens is 1. The highest BCUT2D eigenvalue weighted by atomic mass is 32.2. The average Bonchev–Trinajstić information content (AvgIpc) is 3.15. The molecule has 0 saturated carbocycles. The molecule has 1 aromatic carbocycles. The Labute approximate surface area is 150 Å². The molecular formula is C17H19FN2O3S2. The molecule has 1 saturated heterocycles. The SMILES string of the molecule is CCN(C(=O)Cc1csc(-c2cccc(F)c2)n1)C1CCS(=O)(=O)C1. The molecule has 1 atom stereocenters. The topological polar surface area (TPSA) is 67.3 Å². The number of carbonyl (C=O) groups excluding carboxylic acids is 1. The lowest BCUT2D eigenvalue weighted by Gasteiger charge is -2.26. The average molecular weight is 382 g/mol. The Morgan fingerprint density at radius 3 is 2.88 bits per heavy atom. The molecule has 0 N–H and O–H groups in total. The van der Waals surface area contributed by atoms with E-state index in [1.165, 1.54) is 23.5 Å². The van der Waals surface area contributed by atoms with Crippen LogP contribution in [0.4, 0.5) is 4.39 Å². The van der Waals surface area contributed by atoms with Crippen LogP contribution in [0, 0.1) is 5.82 Å². The van der Waals surface area contributed by atoms with Crippen molar-refractivity contribution >= 4 is 27.1 Å². The summed E-state index contributed by atoms with van der Waals surface area (Å²) in [6.45, 7) is 2.32. The largest absolute Gasteiger partial charge is 0.339 e. The lowest BCUT2D eigenvalue weighted by atomic mass is 10.2. The zero-order chi connectivity index (χ0) is 18.0. The van der Waals surface area contributed by atoms with E-state index in [-0.39, 0.29) is 35.7 Å². The number of nitrogens with zero attached hydrogens (tertiary/aromatic N) is 2. The molecule has 1 unspecified atom stereocenters. The minimum atomic E-state index is -3.04. The van der Waals surface area contributed by atoms with E-state index in [2.05, 4.69) is 4.98 Å². The van der Waals surface area contributed by atoms with Crippen molar-refractivity contribution in [2.75, 3.05) is 18.1 Å². The van der Waals surface area contributed by atoms with E-state index >= 15 is 0 Å². The Morgan fingerprint density at radius 1 is 1.44 bits per heavy atom. The van der Waals surface area contributed by atoms with E-state index in [1.54, 1.807) is 22.4 Å². The molecule has 1 aromatic heterocycles. The van der Waals surface area contributed by atoms with Crippen molar-refractivity contribution in [2.45, 2.75) is 25.8 Å². The van der Waals surface area contributed by atoms with Crippen LogP contribution in [0.3, 0.4) is 0 Å².